The second-order valence-corrected chi connectivity index (χ2v) is 15.6. The number of rotatable bonds is 6. The van der Waals surface area contributed by atoms with E-state index in [0.717, 1.165) is 11.5 Å². The van der Waals surface area contributed by atoms with Crippen molar-refractivity contribution in [3.05, 3.63) is 126 Å². The fourth-order valence-electron chi connectivity index (χ4n) is 4.32. The van der Waals surface area contributed by atoms with Gasteiger partial charge in [0.25, 0.3) is 0 Å². The van der Waals surface area contributed by atoms with E-state index in [1.54, 1.807) is 0 Å². The van der Waals surface area contributed by atoms with Gasteiger partial charge in [-0.05, 0) is 41.4 Å². The van der Waals surface area contributed by atoms with Crippen LogP contribution in [0.2, 0.25) is 13.1 Å². The molecule has 4 aromatic carbocycles. The zero-order valence-electron chi connectivity index (χ0n) is 19.1. The first-order valence-electron chi connectivity index (χ1n) is 10.9. The summed E-state index contributed by atoms with van der Waals surface area (Å²) >= 11 is -0.556. The molecule has 0 N–H and O–H groups in total. The second kappa shape index (κ2) is 12.6. The molecule has 0 bridgehead atoms. The van der Waals surface area contributed by atoms with Crippen molar-refractivity contribution in [2.45, 2.75) is 25.6 Å². The van der Waals surface area contributed by atoms with Crippen molar-refractivity contribution in [3.8, 4) is 11.5 Å². The van der Waals surface area contributed by atoms with E-state index in [9.17, 15) is 0 Å². The monoisotopic (exact) mass is 526 g/mol. The summed E-state index contributed by atoms with van der Waals surface area (Å²) < 4.78 is 6.41. The Morgan fingerprint density at radius 3 is 1.64 bits per heavy atom. The summed E-state index contributed by atoms with van der Waals surface area (Å²) in [6, 6.07) is 38.5. The normalized spacial score (nSPS) is 10.8. The molecule has 0 aliphatic heterocycles. The van der Waals surface area contributed by atoms with Crippen LogP contribution in [0.3, 0.4) is 0 Å². The van der Waals surface area contributed by atoms with Gasteiger partial charge in [-0.2, -0.15) is 0 Å². The van der Waals surface area contributed by atoms with Crippen molar-refractivity contribution >= 4 is 31.9 Å². The Morgan fingerprint density at radius 1 is 0.697 bits per heavy atom. The summed E-state index contributed by atoms with van der Waals surface area (Å²) in [5.74, 6) is 1.85. The standard InChI is InChI=1S/C28H28OSi.2ClH.Ti/c1-22-19-20-26(29-25-17-11-6-12-18-25)27(21-22)30(2,3)28(23-13-7-4-8-14-23)24-15-9-5-10-16-24;;;/h4-21,28H,1-3H3;2*1H;/q;;;+2/p-2. The fourth-order valence-corrected chi connectivity index (χ4v) is 8.06. The van der Waals surface area contributed by atoms with E-state index in [-0.39, 0.29) is 0 Å². The topological polar surface area (TPSA) is 9.23 Å². The number of para-hydroxylation sites is 1. The van der Waals surface area contributed by atoms with Gasteiger partial charge in [0.15, 0.2) is 0 Å². The molecule has 0 radical (unpaired) electrons. The van der Waals surface area contributed by atoms with Gasteiger partial charge in [-0.1, -0.05) is 110 Å². The molecule has 0 spiro atoms. The van der Waals surface area contributed by atoms with Crippen molar-refractivity contribution in [1.29, 1.82) is 0 Å². The van der Waals surface area contributed by atoms with Crippen LogP contribution >= 0.6 is 18.6 Å². The average Bonchev–Trinajstić information content (AvgIpc) is 2.83. The maximum absolute atomic E-state index is 6.41. The van der Waals surface area contributed by atoms with E-state index in [0.29, 0.717) is 5.54 Å². The molecule has 0 fully saturated rings. The molecule has 0 heterocycles. The van der Waals surface area contributed by atoms with Crippen molar-refractivity contribution in [3.63, 3.8) is 0 Å². The van der Waals surface area contributed by atoms with Crippen LogP contribution in [0.1, 0.15) is 22.2 Å². The molecule has 0 unspecified atom stereocenters. The molecular formula is C28H28Cl2OSiTi. The predicted molar refractivity (Wildman–Crippen MR) is 141 cm³/mol. The molecule has 0 saturated heterocycles. The van der Waals surface area contributed by atoms with Crippen LogP contribution in [-0.2, 0) is 17.0 Å². The van der Waals surface area contributed by atoms with Gasteiger partial charge < -0.3 is 4.74 Å². The molecule has 4 aromatic rings. The van der Waals surface area contributed by atoms with Crippen molar-refractivity contribution in [2.75, 3.05) is 0 Å². The molecule has 4 rings (SSSR count). The Bertz CT molecular complexity index is 1080. The van der Waals surface area contributed by atoms with Crippen LogP contribution in [0.25, 0.3) is 0 Å². The van der Waals surface area contributed by atoms with E-state index in [2.05, 4.69) is 98.9 Å². The third-order valence-corrected chi connectivity index (χ3v) is 9.68. The first kappa shape index (κ1) is 25.8. The summed E-state index contributed by atoms with van der Waals surface area (Å²) in [6.07, 6.45) is 0. The molecule has 0 aliphatic carbocycles. The SMILES string of the molecule is Cc1ccc(Oc2ccccc2)c([Si](C)(C)C(c2ccccc2)c2ccccc2)c1.[Cl][Ti][Cl]. The number of benzene rings is 4. The zero-order valence-corrected chi connectivity index (χ0v) is 23.2. The van der Waals surface area contributed by atoms with Crippen LogP contribution in [0, 0.1) is 6.92 Å². The van der Waals surface area contributed by atoms with Crippen LogP contribution in [0.15, 0.2) is 109 Å². The molecule has 0 aromatic heterocycles. The summed E-state index contributed by atoms with van der Waals surface area (Å²) in [5.41, 5.74) is 4.34. The third-order valence-electron chi connectivity index (χ3n) is 5.79. The van der Waals surface area contributed by atoms with Gasteiger partial charge in [-0.15, -0.1) is 0 Å². The Balaban J connectivity index is 0.000000968. The first-order valence-corrected chi connectivity index (χ1v) is 18.2. The summed E-state index contributed by atoms with van der Waals surface area (Å²) in [6.45, 7) is 7.09. The van der Waals surface area contributed by atoms with Gasteiger partial charge in [-0.3, -0.25) is 0 Å². The fraction of sp³-hybridized carbons (Fsp3) is 0.143. The molecule has 0 saturated carbocycles. The number of hydrogen-bond acceptors (Lipinski definition) is 1. The van der Waals surface area contributed by atoms with Gasteiger partial charge in [0.2, 0.25) is 0 Å². The van der Waals surface area contributed by atoms with Gasteiger partial charge in [0.1, 0.15) is 11.5 Å². The van der Waals surface area contributed by atoms with Crippen LogP contribution in [-0.4, -0.2) is 8.07 Å². The molecule has 0 amide bonds. The molecule has 0 aliphatic rings. The van der Waals surface area contributed by atoms with E-state index in [1.807, 2.05) is 30.3 Å². The second-order valence-electron chi connectivity index (χ2n) is 8.46. The van der Waals surface area contributed by atoms with Crippen LogP contribution in [0.4, 0.5) is 0 Å². The first-order chi connectivity index (χ1) is 16.0. The van der Waals surface area contributed by atoms with E-state index >= 15 is 0 Å². The summed E-state index contributed by atoms with van der Waals surface area (Å²) in [4.78, 5) is 0. The van der Waals surface area contributed by atoms with Gasteiger partial charge >= 0.3 is 35.6 Å². The van der Waals surface area contributed by atoms with E-state index in [1.165, 1.54) is 21.9 Å². The minimum absolute atomic E-state index is 0.333. The Morgan fingerprint density at radius 2 is 1.15 bits per heavy atom. The molecule has 0 atom stereocenters. The molecule has 33 heavy (non-hydrogen) atoms. The molecule has 1 nitrogen and oxygen atoms in total. The van der Waals surface area contributed by atoms with E-state index in [4.69, 9.17) is 23.3 Å². The number of halogens is 2. The van der Waals surface area contributed by atoms with Crippen LogP contribution < -0.4 is 9.92 Å². The third kappa shape index (κ3) is 6.85. The van der Waals surface area contributed by atoms with E-state index < -0.39 is 25.1 Å². The minimum atomic E-state index is -2.05. The maximum atomic E-state index is 6.41. The average molecular weight is 527 g/mol. The van der Waals surface area contributed by atoms with Crippen molar-refractivity contribution in [1.82, 2.24) is 0 Å². The Kier molecular flexibility index (Phi) is 9.85. The molecular weight excluding hydrogens is 499 g/mol. The van der Waals surface area contributed by atoms with Gasteiger partial charge in [0, 0.05) is 5.54 Å². The van der Waals surface area contributed by atoms with Gasteiger partial charge in [0.05, 0.1) is 8.07 Å². The Labute approximate surface area is 215 Å². The molecule has 5 heteroatoms. The zero-order chi connectivity index (χ0) is 23.7. The Hall–Kier alpha value is -1.81. The quantitative estimate of drug-likeness (QED) is 0.229. The summed E-state index contributed by atoms with van der Waals surface area (Å²) in [7, 11) is 7.73. The molecule has 168 valence electrons. The number of hydrogen-bond donors (Lipinski definition) is 0. The predicted octanol–water partition coefficient (Wildman–Crippen LogP) is 8.45. The van der Waals surface area contributed by atoms with Gasteiger partial charge in [-0.25, -0.2) is 0 Å². The number of aryl methyl sites for hydroxylation is 1. The number of ether oxygens (including phenoxy) is 1. The van der Waals surface area contributed by atoms with Crippen molar-refractivity contribution in [2.24, 2.45) is 0 Å². The van der Waals surface area contributed by atoms with Crippen LogP contribution in [0.5, 0.6) is 11.5 Å². The summed E-state index contributed by atoms with van der Waals surface area (Å²) in [5, 5.41) is 1.35. The van der Waals surface area contributed by atoms with Crippen molar-refractivity contribution < 1.29 is 21.8 Å².